The summed E-state index contributed by atoms with van der Waals surface area (Å²) < 4.78 is 0. The zero-order valence-corrected chi connectivity index (χ0v) is 10.3. The molecule has 0 aromatic rings. The van der Waals surface area contributed by atoms with Gasteiger partial charge in [0.1, 0.15) is 0 Å². The Morgan fingerprint density at radius 1 is 1.07 bits per heavy atom. The lowest BCUT2D eigenvalue weighted by Crippen LogP contribution is -2.55. The van der Waals surface area contributed by atoms with Crippen LogP contribution in [0.3, 0.4) is 0 Å². The molecule has 0 bridgehead atoms. The number of likely N-dealkylation sites (tertiary alicyclic amines) is 1. The van der Waals surface area contributed by atoms with Gasteiger partial charge in [0, 0.05) is 18.1 Å². The Labute approximate surface area is 94.4 Å². The van der Waals surface area contributed by atoms with Crippen molar-refractivity contribution in [2.45, 2.75) is 70.5 Å². The molecule has 0 aromatic carbocycles. The van der Waals surface area contributed by atoms with Crippen molar-refractivity contribution in [3.05, 3.63) is 0 Å². The molecule has 15 heavy (non-hydrogen) atoms. The Bertz CT molecular complexity index is 185. The van der Waals surface area contributed by atoms with Gasteiger partial charge < -0.3 is 5.32 Å². The summed E-state index contributed by atoms with van der Waals surface area (Å²) in [5.74, 6) is 0. The number of piperidine rings is 2. The van der Waals surface area contributed by atoms with Gasteiger partial charge in [-0.3, -0.25) is 4.90 Å². The van der Waals surface area contributed by atoms with E-state index in [-0.39, 0.29) is 0 Å². The Kier molecular flexibility index (Phi) is 4.04. The van der Waals surface area contributed by atoms with E-state index >= 15 is 0 Å². The topological polar surface area (TPSA) is 15.3 Å². The lowest BCUT2D eigenvalue weighted by molar-refractivity contribution is 0.0749. The molecular formula is C13H26N2. The standard InChI is InChI=1S/C13H26N2/c1-11(2)15-10-6-4-8-13(15)12-7-3-5-9-14-12/h11-14H,3-10H2,1-2H3/t12-,13-/m1/s1. The molecule has 0 amide bonds. The molecule has 2 fully saturated rings. The van der Waals surface area contributed by atoms with E-state index in [1.165, 1.54) is 51.6 Å². The van der Waals surface area contributed by atoms with E-state index in [9.17, 15) is 0 Å². The molecule has 2 nitrogen and oxygen atoms in total. The molecule has 1 N–H and O–H groups in total. The van der Waals surface area contributed by atoms with E-state index in [0.717, 1.165) is 18.1 Å². The molecular weight excluding hydrogens is 184 g/mol. The maximum atomic E-state index is 3.73. The highest BCUT2D eigenvalue weighted by Crippen LogP contribution is 2.25. The zero-order valence-electron chi connectivity index (χ0n) is 10.3. The van der Waals surface area contributed by atoms with Crippen molar-refractivity contribution >= 4 is 0 Å². The minimum Gasteiger partial charge on any atom is -0.312 e. The Morgan fingerprint density at radius 2 is 1.87 bits per heavy atom. The van der Waals surface area contributed by atoms with E-state index in [4.69, 9.17) is 0 Å². The predicted molar refractivity (Wildman–Crippen MR) is 65.1 cm³/mol. The van der Waals surface area contributed by atoms with Crippen LogP contribution in [0.2, 0.25) is 0 Å². The van der Waals surface area contributed by atoms with Gasteiger partial charge >= 0.3 is 0 Å². The first-order valence-electron chi connectivity index (χ1n) is 6.78. The number of hydrogen-bond donors (Lipinski definition) is 1. The highest BCUT2D eigenvalue weighted by atomic mass is 15.2. The second kappa shape index (κ2) is 5.31. The predicted octanol–water partition coefficient (Wildman–Crippen LogP) is 2.39. The number of nitrogens with one attached hydrogen (secondary N) is 1. The molecule has 2 aliphatic rings. The van der Waals surface area contributed by atoms with Crippen LogP contribution < -0.4 is 5.32 Å². The van der Waals surface area contributed by atoms with Gasteiger partial charge in [0.25, 0.3) is 0 Å². The summed E-state index contributed by atoms with van der Waals surface area (Å²) in [4.78, 5) is 2.73. The van der Waals surface area contributed by atoms with E-state index in [1.807, 2.05) is 0 Å². The highest BCUT2D eigenvalue weighted by Gasteiger charge is 2.31. The van der Waals surface area contributed by atoms with Crippen LogP contribution in [0, 0.1) is 0 Å². The van der Waals surface area contributed by atoms with Gasteiger partial charge in [-0.05, 0) is 52.6 Å². The summed E-state index contributed by atoms with van der Waals surface area (Å²) in [6, 6.07) is 2.32. The normalized spacial score (nSPS) is 34.6. The van der Waals surface area contributed by atoms with Gasteiger partial charge in [0.2, 0.25) is 0 Å². The molecule has 0 radical (unpaired) electrons. The lowest BCUT2D eigenvalue weighted by Gasteiger charge is -2.44. The quantitative estimate of drug-likeness (QED) is 0.753. The molecule has 2 heterocycles. The van der Waals surface area contributed by atoms with Crippen LogP contribution in [-0.4, -0.2) is 36.1 Å². The largest absolute Gasteiger partial charge is 0.312 e. The van der Waals surface area contributed by atoms with Crippen molar-refractivity contribution in [1.29, 1.82) is 0 Å². The van der Waals surface area contributed by atoms with E-state index in [0.29, 0.717) is 0 Å². The van der Waals surface area contributed by atoms with Crippen LogP contribution in [0.15, 0.2) is 0 Å². The second-order valence-corrected chi connectivity index (χ2v) is 5.45. The third-order valence-corrected chi connectivity index (χ3v) is 4.07. The van der Waals surface area contributed by atoms with Gasteiger partial charge in [0.05, 0.1) is 0 Å². The Balaban J connectivity index is 1.96. The van der Waals surface area contributed by atoms with Crippen LogP contribution in [0.25, 0.3) is 0 Å². The molecule has 88 valence electrons. The van der Waals surface area contributed by atoms with Gasteiger partial charge in [-0.25, -0.2) is 0 Å². The van der Waals surface area contributed by atoms with Crippen LogP contribution in [0.5, 0.6) is 0 Å². The monoisotopic (exact) mass is 210 g/mol. The second-order valence-electron chi connectivity index (χ2n) is 5.45. The summed E-state index contributed by atoms with van der Waals surface area (Å²) in [5, 5.41) is 3.73. The van der Waals surface area contributed by atoms with Crippen LogP contribution in [0.1, 0.15) is 52.4 Å². The summed E-state index contributed by atoms with van der Waals surface area (Å²) in [7, 11) is 0. The number of nitrogens with zero attached hydrogens (tertiary/aromatic N) is 1. The van der Waals surface area contributed by atoms with E-state index < -0.39 is 0 Å². The fourth-order valence-corrected chi connectivity index (χ4v) is 3.26. The average molecular weight is 210 g/mol. The molecule has 0 unspecified atom stereocenters. The van der Waals surface area contributed by atoms with Gasteiger partial charge in [-0.1, -0.05) is 12.8 Å². The van der Waals surface area contributed by atoms with E-state index in [1.54, 1.807) is 0 Å². The van der Waals surface area contributed by atoms with Crippen molar-refractivity contribution < 1.29 is 0 Å². The van der Waals surface area contributed by atoms with Crippen molar-refractivity contribution in [2.75, 3.05) is 13.1 Å². The van der Waals surface area contributed by atoms with Crippen LogP contribution in [0.4, 0.5) is 0 Å². The first-order chi connectivity index (χ1) is 7.29. The van der Waals surface area contributed by atoms with E-state index in [2.05, 4.69) is 24.1 Å². The average Bonchev–Trinajstić information content (AvgIpc) is 2.30. The summed E-state index contributed by atoms with van der Waals surface area (Å²) >= 11 is 0. The maximum Gasteiger partial charge on any atom is 0.0252 e. The van der Waals surface area contributed by atoms with Gasteiger partial charge in [-0.2, -0.15) is 0 Å². The lowest BCUT2D eigenvalue weighted by atomic mass is 9.89. The molecule has 2 saturated heterocycles. The first kappa shape index (κ1) is 11.4. The molecule has 0 spiro atoms. The minimum atomic E-state index is 0.721. The molecule has 2 heteroatoms. The summed E-state index contributed by atoms with van der Waals surface area (Å²) in [5.41, 5.74) is 0. The fraction of sp³-hybridized carbons (Fsp3) is 1.00. The van der Waals surface area contributed by atoms with Crippen molar-refractivity contribution in [3.8, 4) is 0 Å². The third-order valence-electron chi connectivity index (χ3n) is 4.07. The first-order valence-corrected chi connectivity index (χ1v) is 6.78. The van der Waals surface area contributed by atoms with Crippen LogP contribution in [-0.2, 0) is 0 Å². The van der Waals surface area contributed by atoms with Gasteiger partial charge in [0.15, 0.2) is 0 Å². The maximum absolute atomic E-state index is 3.73. The van der Waals surface area contributed by atoms with Crippen molar-refractivity contribution in [2.24, 2.45) is 0 Å². The Morgan fingerprint density at radius 3 is 2.53 bits per heavy atom. The fourth-order valence-electron chi connectivity index (χ4n) is 3.26. The number of rotatable bonds is 2. The minimum absolute atomic E-state index is 0.721. The smallest absolute Gasteiger partial charge is 0.0252 e. The van der Waals surface area contributed by atoms with Crippen LogP contribution >= 0.6 is 0 Å². The van der Waals surface area contributed by atoms with Crippen molar-refractivity contribution in [1.82, 2.24) is 10.2 Å². The summed E-state index contributed by atoms with van der Waals surface area (Å²) in [6.07, 6.45) is 8.46. The third kappa shape index (κ3) is 2.73. The molecule has 2 atom stereocenters. The highest BCUT2D eigenvalue weighted by molar-refractivity contribution is 4.90. The molecule has 2 aliphatic heterocycles. The SMILES string of the molecule is CC(C)N1CCCC[C@@H]1[C@H]1CCCCN1. The molecule has 0 aliphatic carbocycles. The molecule has 0 aromatic heterocycles. The summed E-state index contributed by atoms with van der Waals surface area (Å²) in [6.45, 7) is 7.26. The molecule has 2 rings (SSSR count). The van der Waals surface area contributed by atoms with Crippen molar-refractivity contribution in [3.63, 3.8) is 0 Å². The molecule has 0 saturated carbocycles. The zero-order chi connectivity index (χ0) is 10.7. The Hall–Kier alpha value is -0.0800. The number of hydrogen-bond acceptors (Lipinski definition) is 2. The van der Waals surface area contributed by atoms with Gasteiger partial charge in [-0.15, -0.1) is 0 Å².